The second-order valence-electron chi connectivity index (χ2n) is 2.64. The van der Waals surface area contributed by atoms with Crippen LogP contribution in [0.5, 0.6) is 0 Å². The van der Waals surface area contributed by atoms with Gasteiger partial charge in [0.1, 0.15) is 0 Å². The van der Waals surface area contributed by atoms with Gasteiger partial charge in [-0.15, -0.1) is 0 Å². The number of aliphatic hydroxyl groups excluding tert-OH is 1. The van der Waals surface area contributed by atoms with Gasteiger partial charge < -0.3 is 20.4 Å². The van der Waals surface area contributed by atoms with Gasteiger partial charge >= 0.3 is 0 Å². The Kier molecular flexibility index (Phi) is 3.46. The normalized spacial score (nSPS) is 13.2. The second kappa shape index (κ2) is 4.39. The molecule has 0 aliphatic carbocycles. The summed E-state index contributed by atoms with van der Waals surface area (Å²) in [4.78, 5) is 5.86. The highest BCUT2D eigenvalue weighted by molar-refractivity contribution is 7.71. The van der Waals surface area contributed by atoms with Crippen molar-refractivity contribution in [2.45, 2.75) is 12.5 Å². The minimum absolute atomic E-state index is 0.0893. The summed E-state index contributed by atoms with van der Waals surface area (Å²) in [6, 6.07) is 0.0893. The first-order chi connectivity index (χ1) is 5.76. The molecule has 1 aromatic rings. The van der Waals surface area contributed by atoms with Crippen LogP contribution in [0.3, 0.4) is 0 Å². The van der Waals surface area contributed by atoms with E-state index in [0.29, 0.717) is 4.77 Å². The summed E-state index contributed by atoms with van der Waals surface area (Å²) in [5.41, 5.74) is 1.01. The summed E-state index contributed by atoms with van der Waals surface area (Å²) in [6.45, 7) is 0.127. The van der Waals surface area contributed by atoms with Crippen LogP contribution in [0.1, 0.15) is 5.69 Å². The number of hydrogen-bond donors (Lipinski definition) is 4. The molecule has 0 bridgehead atoms. The number of imidazole rings is 1. The zero-order chi connectivity index (χ0) is 8.97. The Labute approximate surface area is 76.0 Å². The lowest BCUT2D eigenvalue weighted by Gasteiger charge is -2.10. The molecule has 0 radical (unpaired) electrons. The second-order valence-corrected chi connectivity index (χ2v) is 3.05. The van der Waals surface area contributed by atoms with Gasteiger partial charge in [-0.25, -0.2) is 0 Å². The maximum Gasteiger partial charge on any atom is 0.174 e. The number of H-pyrrole nitrogens is 2. The summed E-state index contributed by atoms with van der Waals surface area (Å²) in [5, 5.41) is 11.9. The summed E-state index contributed by atoms with van der Waals surface area (Å²) < 4.78 is 0.623. The maximum atomic E-state index is 8.88. The molecule has 0 spiro atoms. The predicted molar refractivity (Wildman–Crippen MR) is 49.6 cm³/mol. The van der Waals surface area contributed by atoms with Crippen molar-refractivity contribution in [2.24, 2.45) is 0 Å². The fraction of sp³-hybridized carbons (Fsp3) is 0.571. The lowest BCUT2D eigenvalue weighted by atomic mass is 10.2. The molecule has 1 heterocycles. The molecule has 0 aliphatic rings. The molecule has 1 rings (SSSR count). The van der Waals surface area contributed by atoms with Crippen molar-refractivity contribution in [1.29, 1.82) is 0 Å². The van der Waals surface area contributed by atoms with Crippen molar-refractivity contribution in [3.8, 4) is 0 Å². The first kappa shape index (κ1) is 9.44. The van der Waals surface area contributed by atoms with Crippen LogP contribution in [-0.4, -0.2) is 34.8 Å². The molecule has 0 saturated carbocycles. The van der Waals surface area contributed by atoms with Crippen LogP contribution in [0.15, 0.2) is 6.20 Å². The molecule has 0 amide bonds. The van der Waals surface area contributed by atoms with Crippen molar-refractivity contribution >= 4 is 12.2 Å². The standard InChI is InChI=1S/C7H13N3OS/c1-8-6(4-11)2-5-3-9-7(12)10-5/h3,6,8,11H,2,4H2,1H3,(H2,9,10,12)/t6-/m0/s1. The maximum absolute atomic E-state index is 8.88. The summed E-state index contributed by atoms with van der Waals surface area (Å²) in [7, 11) is 1.82. The third-order valence-corrected chi connectivity index (χ3v) is 1.97. The van der Waals surface area contributed by atoms with Gasteiger partial charge in [0.05, 0.1) is 6.61 Å². The molecule has 12 heavy (non-hydrogen) atoms. The molecule has 0 aromatic carbocycles. The van der Waals surface area contributed by atoms with E-state index in [1.54, 1.807) is 0 Å². The molecule has 0 saturated heterocycles. The highest BCUT2D eigenvalue weighted by atomic mass is 32.1. The molecule has 1 atom stereocenters. The van der Waals surface area contributed by atoms with E-state index in [1.807, 2.05) is 13.2 Å². The molecule has 0 fully saturated rings. The average Bonchev–Trinajstić information content (AvgIpc) is 2.47. The molecule has 4 nitrogen and oxygen atoms in total. The van der Waals surface area contributed by atoms with E-state index in [9.17, 15) is 0 Å². The van der Waals surface area contributed by atoms with E-state index in [2.05, 4.69) is 15.3 Å². The monoisotopic (exact) mass is 187 g/mol. The van der Waals surface area contributed by atoms with Crippen LogP contribution in [0, 0.1) is 4.77 Å². The lowest BCUT2D eigenvalue weighted by molar-refractivity contribution is 0.247. The molecule has 0 aliphatic heterocycles. The third kappa shape index (κ3) is 2.44. The van der Waals surface area contributed by atoms with Crippen LogP contribution in [0.4, 0.5) is 0 Å². The fourth-order valence-electron chi connectivity index (χ4n) is 1.00. The first-order valence-corrected chi connectivity index (χ1v) is 4.21. The van der Waals surface area contributed by atoms with Crippen molar-refractivity contribution in [3.63, 3.8) is 0 Å². The minimum atomic E-state index is 0.0893. The van der Waals surface area contributed by atoms with Gasteiger partial charge in [-0.05, 0) is 19.3 Å². The molecular formula is C7H13N3OS. The summed E-state index contributed by atoms with van der Waals surface area (Å²) >= 11 is 4.86. The topological polar surface area (TPSA) is 63.8 Å². The highest BCUT2D eigenvalue weighted by Gasteiger charge is 2.05. The minimum Gasteiger partial charge on any atom is -0.395 e. The van der Waals surface area contributed by atoms with E-state index in [1.165, 1.54) is 0 Å². The largest absolute Gasteiger partial charge is 0.395 e. The van der Waals surface area contributed by atoms with Crippen LogP contribution in [0.2, 0.25) is 0 Å². The van der Waals surface area contributed by atoms with Crippen LogP contribution < -0.4 is 5.32 Å². The Bertz CT molecular complexity index is 276. The van der Waals surface area contributed by atoms with Gasteiger partial charge in [-0.3, -0.25) is 0 Å². The number of nitrogens with one attached hydrogen (secondary N) is 3. The number of aliphatic hydroxyl groups is 1. The van der Waals surface area contributed by atoms with Gasteiger partial charge in [0, 0.05) is 24.4 Å². The van der Waals surface area contributed by atoms with E-state index in [-0.39, 0.29) is 12.6 Å². The smallest absolute Gasteiger partial charge is 0.174 e. The third-order valence-electron chi connectivity index (χ3n) is 1.75. The van der Waals surface area contributed by atoms with Crippen molar-refractivity contribution in [2.75, 3.05) is 13.7 Å². The number of hydrogen-bond acceptors (Lipinski definition) is 3. The number of aromatic amines is 2. The Morgan fingerprint density at radius 2 is 2.50 bits per heavy atom. The van der Waals surface area contributed by atoms with E-state index < -0.39 is 0 Å². The van der Waals surface area contributed by atoms with Gasteiger partial charge in [-0.1, -0.05) is 0 Å². The van der Waals surface area contributed by atoms with E-state index in [4.69, 9.17) is 17.3 Å². The molecule has 4 N–H and O–H groups in total. The van der Waals surface area contributed by atoms with Crippen molar-refractivity contribution in [3.05, 3.63) is 16.7 Å². The van der Waals surface area contributed by atoms with Crippen molar-refractivity contribution in [1.82, 2.24) is 15.3 Å². The number of likely N-dealkylation sites (N-methyl/N-ethyl adjacent to an activating group) is 1. The van der Waals surface area contributed by atoms with Gasteiger partial charge in [-0.2, -0.15) is 0 Å². The van der Waals surface area contributed by atoms with Gasteiger partial charge in [0.2, 0.25) is 0 Å². The highest BCUT2D eigenvalue weighted by Crippen LogP contribution is 1.97. The zero-order valence-electron chi connectivity index (χ0n) is 6.92. The zero-order valence-corrected chi connectivity index (χ0v) is 7.74. The molecule has 68 valence electrons. The summed E-state index contributed by atoms with van der Waals surface area (Å²) in [5.74, 6) is 0. The lowest BCUT2D eigenvalue weighted by Crippen LogP contribution is -2.31. The first-order valence-electron chi connectivity index (χ1n) is 3.81. The molecular weight excluding hydrogens is 174 g/mol. The summed E-state index contributed by atoms with van der Waals surface area (Å²) in [6.07, 6.45) is 2.57. The molecule has 5 heteroatoms. The number of rotatable bonds is 4. The van der Waals surface area contributed by atoms with Gasteiger partial charge in [0.25, 0.3) is 0 Å². The van der Waals surface area contributed by atoms with E-state index in [0.717, 1.165) is 12.1 Å². The van der Waals surface area contributed by atoms with Gasteiger partial charge in [0.15, 0.2) is 4.77 Å². The SMILES string of the molecule is CN[C@H](CO)Cc1c[nH]c(=S)[nH]1. The Hall–Kier alpha value is -0.650. The van der Waals surface area contributed by atoms with Crippen LogP contribution in [0.25, 0.3) is 0 Å². The van der Waals surface area contributed by atoms with Crippen LogP contribution >= 0.6 is 12.2 Å². The van der Waals surface area contributed by atoms with Crippen LogP contribution in [-0.2, 0) is 6.42 Å². The predicted octanol–water partition coefficient (Wildman–Crippen LogP) is 0.195. The quantitative estimate of drug-likeness (QED) is 0.509. The van der Waals surface area contributed by atoms with E-state index >= 15 is 0 Å². The average molecular weight is 187 g/mol. The van der Waals surface area contributed by atoms with Crippen molar-refractivity contribution < 1.29 is 5.11 Å². The molecule has 1 aromatic heterocycles. The number of aromatic nitrogens is 2. The Morgan fingerprint density at radius 1 is 1.75 bits per heavy atom. The fourth-order valence-corrected chi connectivity index (χ4v) is 1.19. The molecule has 0 unspecified atom stereocenters. The Morgan fingerprint density at radius 3 is 2.92 bits per heavy atom. The Balaban J connectivity index is 2.56.